The summed E-state index contributed by atoms with van der Waals surface area (Å²) in [7, 11) is 2.91. The summed E-state index contributed by atoms with van der Waals surface area (Å²) in [6.07, 6.45) is 0. The number of hydrogen-bond acceptors (Lipinski definition) is 4. The lowest BCUT2D eigenvalue weighted by Gasteiger charge is -2.26. The summed E-state index contributed by atoms with van der Waals surface area (Å²) in [6, 6.07) is 5.98. The van der Waals surface area contributed by atoms with Crippen LogP contribution >= 0.6 is 0 Å². The van der Waals surface area contributed by atoms with Crippen molar-refractivity contribution in [3.63, 3.8) is 0 Å². The summed E-state index contributed by atoms with van der Waals surface area (Å²) in [5.41, 5.74) is 0.198. The van der Waals surface area contributed by atoms with Crippen LogP contribution in [0.5, 0.6) is 5.75 Å². The first-order valence-electron chi connectivity index (χ1n) is 4.63. The number of methoxy groups -OCH3 is 2. The van der Waals surface area contributed by atoms with Gasteiger partial charge in [0.1, 0.15) is 5.75 Å². The first kappa shape index (κ1) is 12.5. The maximum atomic E-state index is 10.6. The predicted octanol–water partition coefficient (Wildman–Crippen LogP) is 1.73. The highest BCUT2D eigenvalue weighted by Gasteiger charge is 2.25. The molecule has 0 fully saturated rings. The molecule has 1 aromatic carbocycles. The molecular weight excluding hydrogens is 212 g/mol. The Balaban J connectivity index is 2.79. The van der Waals surface area contributed by atoms with E-state index in [9.17, 15) is 4.79 Å². The fraction of sp³-hybridized carbons (Fsp3) is 0.364. The van der Waals surface area contributed by atoms with E-state index in [2.05, 4.69) is 0 Å². The van der Waals surface area contributed by atoms with Crippen molar-refractivity contribution >= 4 is 5.97 Å². The SMILES string of the molecule is COC(C)(OC)Oc1ccc(C(=O)O)cc1. The molecule has 0 unspecified atom stereocenters. The molecule has 0 atom stereocenters. The van der Waals surface area contributed by atoms with Gasteiger partial charge in [0, 0.05) is 21.1 Å². The van der Waals surface area contributed by atoms with Crippen molar-refractivity contribution in [2.75, 3.05) is 14.2 Å². The van der Waals surface area contributed by atoms with Crippen molar-refractivity contribution in [2.24, 2.45) is 0 Å². The van der Waals surface area contributed by atoms with Crippen LogP contribution in [0.3, 0.4) is 0 Å². The Bertz CT molecular complexity index is 353. The minimum absolute atomic E-state index is 0.198. The van der Waals surface area contributed by atoms with Gasteiger partial charge in [-0.3, -0.25) is 0 Å². The summed E-state index contributed by atoms with van der Waals surface area (Å²) in [5, 5.41) is 8.71. The maximum absolute atomic E-state index is 10.6. The number of ether oxygens (including phenoxy) is 3. The summed E-state index contributed by atoms with van der Waals surface area (Å²) < 4.78 is 15.4. The van der Waals surface area contributed by atoms with Crippen LogP contribution < -0.4 is 4.74 Å². The van der Waals surface area contributed by atoms with Crippen LogP contribution in [-0.4, -0.2) is 31.3 Å². The molecule has 0 heterocycles. The molecule has 1 N–H and O–H groups in total. The highest BCUT2D eigenvalue weighted by Crippen LogP contribution is 2.20. The van der Waals surface area contributed by atoms with Crippen LogP contribution in [0.2, 0.25) is 0 Å². The number of benzene rings is 1. The number of carboxylic acid groups (broad SMARTS) is 1. The van der Waals surface area contributed by atoms with E-state index >= 15 is 0 Å². The van der Waals surface area contributed by atoms with Crippen LogP contribution in [0, 0.1) is 0 Å². The Morgan fingerprint density at radius 2 is 1.69 bits per heavy atom. The van der Waals surface area contributed by atoms with Gasteiger partial charge in [-0.1, -0.05) is 0 Å². The number of carbonyl (C=O) groups is 1. The minimum Gasteiger partial charge on any atom is -0.478 e. The zero-order valence-corrected chi connectivity index (χ0v) is 9.39. The fourth-order valence-corrected chi connectivity index (χ4v) is 1.05. The molecule has 0 radical (unpaired) electrons. The molecule has 0 aliphatic carbocycles. The third-order valence-electron chi connectivity index (χ3n) is 2.15. The van der Waals surface area contributed by atoms with Crippen LogP contribution in [0.1, 0.15) is 17.3 Å². The van der Waals surface area contributed by atoms with Crippen molar-refractivity contribution in [3.8, 4) is 5.75 Å². The molecule has 0 bridgehead atoms. The number of rotatable bonds is 5. The molecule has 0 saturated carbocycles. The molecule has 5 nitrogen and oxygen atoms in total. The van der Waals surface area contributed by atoms with E-state index in [1.54, 1.807) is 19.1 Å². The highest BCUT2D eigenvalue weighted by atomic mass is 16.9. The van der Waals surface area contributed by atoms with Gasteiger partial charge in [0.2, 0.25) is 0 Å². The average molecular weight is 226 g/mol. The molecule has 88 valence electrons. The normalized spacial score (nSPS) is 11.2. The topological polar surface area (TPSA) is 65.0 Å². The van der Waals surface area contributed by atoms with E-state index < -0.39 is 11.9 Å². The minimum atomic E-state index is -1.18. The second kappa shape index (κ2) is 4.96. The highest BCUT2D eigenvalue weighted by molar-refractivity contribution is 5.87. The van der Waals surface area contributed by atoms with Crippen LogP contribution in [0.15, 0.2) is 24.3 Å². The standard InChI is InChI=1S/C11H14O5/c1-11(14-2,15-3)16-9-6-4-8(5-7-9)10(12)13/h4-7H,1-3H3,(H,12,13). The molecular formula is C11H14O5. The second-order valence-electron chi connectivity index (χ2n) is 3.20. The van der Waals surface area contributed by atoms with Gasteiger partial charge in [0.25, 0.3) is 0 Å². The Morgan fingerprint density at radius 1 is 1.19 bits per heavy atom. The first-order valence-corrected chi connectivity index (χ1v) is 4.63. The van der Waals surface area contributed by atoms with E-state index in [1.165, 1.54) is 26.4 Å². The summed E-state index contributed by atoms with van der Waals surface area (Å²) >= 11 is 0. The maximum Gasteiger partial charge on any atom is 0.335 e. The van der Waals surface area contributed by atoms with Crippen LogP contribution in [0.25, 0.3) is 0 Å². The van der Waals surface area contributed by atoms with Gasteiger partial charge in [0.15, 0.2) is 0 Å². The zero-order valence-electron chi connectivity index (χ0n) is 9.39. The van der Waals surface area contributed by atoms with E-state index in [0.29, 0.717) is 5.75 Å². The molecule has 0 aromatic heterocycles. The van der Waals surface area contributed by atoms with Gasteiger partial charge in [-0.15, -0.1) is 0 Å². The Kier molecular flexibility index (Phi) is 3.87. The van der Waals surface area contributed by atoms with Gasteiger partial charge < -0.3 is 19.3 Å². The predicted molar refractivity (Wildman–Crippen MR) is 56.5 cm³/mol. The largest absolute Gasteiger partial charge is 0.478 e. The van der Waals surface area contributed by atoms with Gasteiger partial charge in [-0.25, -0.2) is 4.79 Å². The van der Waals surface area contributed by atoms with Gasteiger partial charge >= 0.3 is 11.9 Å². The van der Waals surface area contributed by atoms with Crippen LogP contribution in [-0.2, 0) is 9.47 Å². The molecule has 0 aliphatic rings. The lowest BCUT2D eigenvalue weighted by Crippen LogP contribution is -2.36. The molecule has 1 rings (SSSR count). The smallest absolute Gasteiger partial charge is 0.335 e. The van der Waals surface area contributed by atoms with Crippen molar-refractivity contribution < 1.29 is 24.1 Å². The second-order valence-corrected chi connectivity index (χ2v) is 3.20. The van der Waals surface area contributed by atoms with Gasteiger partial charge in [-0.05, 0) is 24.3 Å². The third kappa shape index (κ3) is 2.95. The van der Waals surface area contributed by atoms with Crippen molar-refractivity contribution in [3.05, 3.63) is 29.8 Å². The number of carboxylic acids is 1. The molecule has 0 saturated heterocycles. The van der Waals surface area contributed by atoms with E-state index in [0.717, 1.165) is 0 Å². The summed E-state index contributed by atoms with van der Waals surface area (Å²) in [5.74, 6) is -1.69. The molecule has 0 aliphatic heterocycles. The monoisotopic (exact) mass is 226 g/mol. The molecule has 5 heteroatoms. The van der Waals surface area contributed by atoms with Crippen molar-refractivity contribution in [1.29, 1.82) is 0 Å². The van der Waals surface area contributed by atoms with Gasteiger partial charge in [-0.2, -0.15) is 0 Å². The quantitative estimate of drug-likeness (QED) is 0.774. The van der Waals surface area contributed by atoms with Crippen molar-refractivity contribution in [1.82, 2.24) is 0 Å². The van der Waals surface area contributed by atoms with E-state index in [1.807, 2.05) is 0 Å². The first-order chi connectivity index (χ1) is 7.50. The molecule has 16 heavy (non-hydrogen) atoms. The number of aromatic carboxylic acids is 1. The Labute approximate surface area is 93.6 Å². The fourth-order valence-electron chi connectivity index (χ4n) is 1.05. The Hall–Kier alpha value is -1.59. The summed E-state index contributed by atoms with van der Waals surface area (Å²) in [6.45, 7) is 1.61. The molecule has 0 amide bonds. The average Bonchev–Trinajstić information content (AvgIpc) is 2.29. The van der Waals surface area contributed by atoms with Gasteiger partial charge in [0.05, 0.1) is 5.56 Å². The van der Waals surface area contributed by atoms with Crippen molar-refractivity contribution in [2.45, 2.75) is 12.9 Å². The molecule has 0 spiro atoms. The lowest BCUT2D eigenvalue weighted by atomic mass is 10.2. The van der Waals surface area contributed by atoms with Crippen LogP contribution in [0.4, 0.5) is 0 Å². The third-order valence-corrected chi connectivity index (χ3v) is 2.15. The number of hydrogen-bond donors (Lipinski definition) is 1. The zero-order chi connectivity index (χ0) is 12.2. The Morgan fingerprint density at radius 3 is 2.06 bits per heavy atom. The molecule has 1 aromatic rings. The summed E-state index contributed by atoms with van der Waals surface area (Å²) in [4.78, 5) is 10.6. The van der Waals surface area contributed by atoms with E-state index in [-0.39, 0.29) is 5.56 Å². The van der Waals surface area contributed by atoms with E-state index in [4.69, 9.17) is 19.3 Å². The lowest BCUT2D eigenvalue weighted by molar-refractivity contribution is -0.309.